The molecule has 5 aromatic rings. The van der Waals surface area contributed by atoms with E-state index >= 15 is 0 Å². The number of anilines is 1. The predicted octanol–water partition coefficient (Wildman–Crippen LogP) is 6.11. The molecule has 0 bridgehead atoms. The smallest absolute Gasteiger partial charge is 0.349 e. The van der Waals surface area contributed by atoms with Crippen molar-refractivity contribution in [1.82, 2.24) is 9.97 Å². The summed E-state index contributed by atoms with van der Waals surface area (Å²) in [6, 6.07) is 23.4. The van der Waals surface area contributed by atoms with E-state index in [0.717, 1.165) is 16.8 Å². The Morgan fingerprint density at radius 3 is 2.53 bits per heavy atom. The maximum atomic E-state index is 13.6. The van der Waals surface area contributed by atoms with Gasteiger partial charge >= 0.3 is 5.63 Å². The zero-order valence-corrected chi connectivity index (χ0v) is 19.3. The quantitative estimate of drug-likeness (QED) is 0.301. The summed E-state index contributed by atoms with van der Waals surface area (Å²) in [5, 5.41) is 1.25. The van der Waals surface area contributed by atoms with Crippen molar-refractivity contribution in [2.24, 2.45) is 0 Å². The van der Waals surface area contributed by atoms with Crippen molar-refractivity contribution >= 4 is 46.6 Å². The lowest BCUT2D eigenvalue weighted by Gasteiger charge is -2.23. The van der Waals surface area contributed by atoms with Crippen LogP contribution in [0.4, 0.5) is 5.69 Å². The third-order valence-corrected chi connectivity index (χ3v) is 5.55. The monoisotopic (exact) mass is 491 g/mol. The van der Waals surface area contributed by atoms with Crippen LogP contribution in [0.5, 0.6) is 0 Å². The first kappa shape index (κ1) is 23.3. The summed E-state index contributed by atoms with van der Waals surface area (Å²) in [6.45, 7) is 0.230. The minimum atomic E-state index is -0.678. The van der Waals surface area contributed by atoms with Crippen LogP contribution in [0.3, 0.4) is 0 Å². The summed E-state index contributed by atoms with van der Waals surface area (Å²) in [5.74, 6) is -0.456. The average molecular weight is 492 g/mol. The maximum Gasteiger partial charge on any atom is 0.349 e. The van der Waals surface area contributed by atoms with E-state index in [1.807, 2.05) is 42.5 Å². The lowest BCUT2D eigenvalue weighted by molar-refractivity contribution is 0.0981. The molecule has 170 valence electrons. The first-order valence-corrected chi connectivity index (χ1v) is 10.6. The van der Waals surface area contributed by atoms with Gasteiger partial charge in [0.15, 0.2) is 0 Å². The highest BCUT2D eigenvalue weighted by Gasteiger charge is 2.23. The molecule has 0 fully saturated rings. The van der Waals surface area contributed by atoms with Crippen molar-refractivity contribution in [1.29, 1.82) is 0 Å². The Morgan fingerprint density at radius 1 is 1.00 bits per heavy atom. The van der Waals surface area contributed by atoms with Crippen molar-refractivity contribution in [2.75, 3.05) is 4.90 Å². The third-order valence-electron chi connectivity index (χ3n) is 5.32. The number of hydrogen-bond donors (Lipinski definition) is 1. The van der Waals surface area contributed by atoms with Crippen LogP contribution >= 0.6 is 24.0 Å². The second kappa shape index (κ2) is 9.95. The minimum absolute atomic E-state index is 0. The van der Waals surface area contributed by atoms with Crippen LogP contribution in [0.2, 0.25) is 5.02 Å². The number of amides is 1. The molecule has 0 aliphatic heterocycles. The molecule has 0 aliphatic rings. The third kappa shape index (κ3) is 4.73. The van der Waals surface area contributed by atoms with Crippen LogP contribution in [-0.4, -0.2) is 15.9 Å². The number of rotatable bonds is 5. The number of H-pyrrole nitrogens is 1. The van der Waals surface area contributed by atoms with Gasteiger partial charge in [-0.2, -0.15) is 0 Å². The van der Waals surface area contributed by atoms with E-state index in [0.29, 0.717) is 21.7 Å². The van der Waals surface area contributed by atoms with Gasteiger partial charge in [-0.25, -0.2) is 9.78 Å². The highest BCUT2D eigenvalue weighted by molar-refractivity contribution is 6.30. The molecule has 1 amide bonds. The molecule has 0 aliphatic carbocycles. The van der Waals surface area contributed by atoms with Crippen molar-refractivity contribution in [3.63, 3.8) is 0 Å². The van der Waals surface area contributed by atoms with Gasteiger partial charge in [0.25, 0.3) is 5.91 Å². The molecular formula is C26H19Cl2N3O3. The second-order valence-electron chi connectivity index (χ2n) is 7.51. The van der Waals surface area contributed by atoms with Gasteiger partial charge in [0, 0.05) is 27.9 Å². The lowest BCUT2D eigenvalue weighted by Crippen LogP contribution is -2.33. The summed E-state index contributed by atoms with van der Waals surface area (Å²) >= 11 is 6.16. The number of aromatic amines is 1. The molecule has 5 rings (SSSR count). The van der Waals surface area contributed by atoms with Gasteiger partial charge in [0.2, 0.25) is 0 Å². The van der Waals surface area contributed by atoms with E-state index in [-0.39, 0.29) is 24.5 Å². The van der Waals surface area contributed by atoms with Gasteiger partial charge in [-0.1, -0.05) is 54.1 Å². The Morgan fingerprint density at radius 2 is 1.79 bits per heavy atom. The number of imidazole rings is 1. The number of halogens is 2. The number of carbonyl (C=O) groups is 1. The highest BCUT2D eigenvalue weighted by Crippen LogP contribution is 2.25. The molecule has 6 nitrogen and oxygen atoms in total. The molecule has 0 saturated heterocycles. The Hall–Kier alpha value is -3.87. The summed E-state index contributed by atoms with van der Waals surface area (Å²) < 4.78 is 5.40. The average Bonchev–Trinajstić information content (AvgIpc) is 3.37. The number of para-hydroxylation sites is 1. The molecule has 0 spiro atoms. The van der Waals surface area contributed by atoms with E-state index in [1.54, 1.807) is 53.8 Å². The summed E-state index contributed by atoms with van der Waals surface area (Å²) in [6.07, 6.45) is 3.40. The fraction of sp³-hybridized carbons (Fsp3) is 0.0385. The van der Waals surface area contributed by atoms with Gasteiger partial charge in [-0.05, 0) is 42.0 Å². The van der Waals surface area contributed by atoms with Crippen molar-refractivity contribution in [3.05, 3.63) is 118 Å². The van der Waals surface area contributed by atoms with E-state index in [9.17, 15) is 9.59 Å². The maximum absolute atomic E-state index is 13.6. The molecule has 34 heavy (non-hydrogen) atoms. The number of nitrogens with one attached hydrogen (secondary N) is 1. The van der Waals surface area contributed by atoms with Crippen LogP contribution in [0, 0.1) is 0 Å². The van der Waals surface area contributed by atoms with Crippen LogP contribution in [0.15, 0.2) is 101 Å². The van der Waals surface area contributed by atoms with Crippen LogP contribution in [0.1, 0.15) is 15.9 Å². The largest absolute Gasteiger partial charge is 0.422 e. The van der Waals surface area contributed by atoms with Crippen LogP contribution in [0.25, 0.3) is 22.2 Å². The molecule has 2 heterocycles. The van der Waals surface area contributed by atoms with Gasteiger partial charge in [-0.15, -0.1) is 12.4 Å². The fourth-order valence-corrected chi connectivity index (χ4v) is 3.90. The first-order valence-electron chi connectivity index (χ1n) is 10.3. The molecule has 2 aromatic heterocycles. The summed E-state index contributed by atoms with van der Waals surface area (Å²) in [4.78, 5) is 35.0. The van der Waals surface area contributed by atoms with E-state index in [4.69, 9.17) is 16.0 Å². The zero-order chi connectivity index (χ0) is 22.8. The van der Waals surface area contributed by atoms with Gasteiger partial charge < -0.3 is 14.3 Å². The Labute approximate surface area is 206 Å². The SMILES string of the molecule is Cl.O=C(c1cc2ccccc2oc1=O)N(Cc1cccc(Cl)c1)c1ccc(-c2c[nH]cn2)cc1. The van der Waals surface area contributed by atoms with Gasteiger partial charge in [-0.3, -0.25) is 4.79 Å². The second-order valence-corrected chi connectivity index (χ2v) is 7.94. The molecule has 8 heteroatoms. The topological polar surface area (TPSA) is 79.2 Å². The molecule has 0 atom stereocenters. The number of benzene rings is 3. The normalized spacial score (nSPS) is 10.6. The number of nitrogens with zero attached hydrogens (tertiary/aromatic N) is 2. The lowest BCUT2D eigenvalue weighted by atomic mass is 10.1. The molecule has 0 radical (unpaired) electrons. The number of aromatic nitrogens is 2. The van der Waals surface area contributed by atoms with Crippen LogP contribution in [-0.2, 0) is 6.54 Å². The number of carbonyl (C=O) groups excluding carboxylic acids is 1. The highest BCUT2D eigenvalue weighted by atomic mass is 35.5. The molecule has 1 N–H and O–H groups in total. The molecule has 3 aromatic carbocycles. The number of hydrogen-bond acceptors (Lipinski definition) is 4. The number of fused-ring (bicyclic) bond motifs is 1. The van der Waals surface area contributed by atoms with E-state index in [1.165, 1.54) is 0 Å². The predicted molar refractivity (Wildman–Crippen MR) is 136 cm³/mol. The van der Waals surface area contributed by atoms with Crippen LogP contribution < -0.4 is 10.5 Å². The van der Waals surface area contributed by atoms with E-state index < -0.39 is 11.5 Å². The molecular weight excluding hydrogens is 473 g/mol. The first-order chi connectivity index (χ1) is 16.1. The molecule has 0 saturated carbocycles. The van der Waals surface area contributed by atoms with Gasteiger partial charge in [0.1, 0.15) is 11.1 Å². The standard InChI is InChI=1S/C26H18ClN3O3.ClH/c27-20-6-3-4-17(12-20)15-30(21-10-8-18(9-11-21)23-14-28-16-29-23)25(31)22-13-19-5-1-2-7-24(19)33-26(22)32;/h1-14,16H,15H2,(H,28,29);1H. The minimum Gasteiger partial charge on any atom is -0.422 e. The van der Waals surface area contributed by atoms with Crippen molar-refractivity contribution in [3.8, 4) is 11.3 Å². The Balaban J connectivity index is 0.00000274. The van der Waals surface area contributed by atoms with Crippen molar-refractivity contribution < 1.29 is 9.21 Å². The zero-order valence-electron chi connectivity index (χ0n) is 17.8. The van der Waals surface area contributed by atoms with Crippen molar-refractivity contribution in [2.45, 2.75) is 6.54 Å². The summed E-state index contributed by atoms with van der Waals surface area (Å²) in [7, 11) is 0. The Bertz CT molecular complexity index is 1500. The molecule has 0 unspecified atom stereocenters. The Kier molecular flexibility index (Phi) is 6.82. The van der Waals surface area contributed by atoms with Gasteiger partial charge in [0.05, 0.1) is 18.6 Å². The summed E-state index contributed by atoms with van der Waals surface area (Å²) in [5.41, 5.74) is 2.88. The van der Waals surface area contributed by atoms with E-state index in [2.05, 4.69) is 9.97 Å². The fourth-order valence-electron chi connectivity index (χ4n) is 3.68.